The normalized spacial score (nSPS) is 26.2. The number of ether oxygens (including phenoxy) is 1. The molecule has 1 unspecified atom stereocenters. The Morgan fingerprint density at radius 3 is 2.88 bits per heavy atom. The van der Waals surface area contributed by atoms with Gasteiger partial charge in [0.1, 0.15) is 5.60 Å². The molecule has 3 aliphatic rings. The Hall–Kier alpha value is -2.08. The van der Waals surface area contributed by atoms with Crippen LogP contribution in [-0.2, 0) is 16.0 Å². The van der Waals surface area contributed by atoms with Crippen molar-refractivity contribution in [2.75, 3.05) is 44.7 Å². The minimum Gasteiger partial charge on any atom is -0.439 e. The number of aryl methyl sites for hydroxylation is 2. The number of benzene rings is 1. The SMILES string of the molecule is Cc1ccc2c(c1)CCCN2C(=O)CN1CCC2(C1)CN(C)C(=O)O2. The van der Waals surface area contributed by atoms with Gasteiger partial charge in [0.25, 0.3) is 0 Å². The van der Waals surface area contributed by atoms with Crippen molar-refractivity contribution in [2.24, 2.45) is 0 Å². The van der Waals surface area contributed by atoms with E-state index >= 15 is 0 Å². The number of likely N-dealkylation sites (tertiary alicyclic amines) is 1. The van der Waals surface area contributed by atoms with Gasteiger partial charge in [0.15, 0.2) is 0 Å². The molecule has 6 nitrogen and oxygen atoms in total. The van der Waals surface area contributed by atoms with Crippen LogP contribution in [0.2, 0.25) is 0 Å². The van der Waals surface area contributed by atoms with E-state index in [0.717, 1.165) is 38.0 Å². The molecule has 0 radical (unpaired) electrons. The highest BCUT2D eigenvalue weighted by Gasteiger charge is 2.48. The van der Waals surface area contributed by atoms with Gasteiger partial charge >= 0.3 is 6.09 Å². The van der Waals surface area contributed by atoms with E-state index in [1.165, 1.54) is 11.1 Å². The Balaban J connectivity index is 1.43. The van der Waals surface area contributed by atoms with E-state index in [4.69, 9.17) is 4.74 Å². The van der Waals surface area contributed by atoms with E-state index in [1.54, 1.807) is 11.9 Å². The molecule has 2 fully saturated rings. The fourth-order valence-corrected chi connectivity index (χ4v) is 4.33. The first-order chi connectivity index (χ1) is 12.0. The van der Waals surface area contributed by atoms with Crippen LogP contribution in [0.1, 0.15) is 24.0 Å². The zero-order valence-electron chi connectivity index (χ0n) is 15.0. The number of carbonyl (C=O) groups excluding carboxylic acids is 2. The number of hydrogen-bond acceptors (Lipinski definition) is 4. The summed E-state index contributed by atoms with van der Waals surface area (Å²) in [6.45, 7) is 5.31. The molecule has 2 amide bonds. The second-order valence-corrected chi connectivity index (χ2v) is 7.65. The Kier molecular flexibility index (Phi) is 3.95. The molecule has 1 atom stereocenters. The summed E-state index contributed by atoms with van der Waals surface area (Å²) in [5, 5.41) is 0. The molecular formula is C19H25N3O3. The summed E-state index contributed by atoms with van der Waals surface area (Å²) in [6, 6.07) is 6.33. The van der Waals surface area contributed by atoms with Crippen molar-refractivity contribution in [1.29, 1.82) is 0 Å². The number of likely N-dealkylation sites (N-methyl/N-ethyl adjacent to an activating group) is 1. The highest BCUT2D eigenvalue weighted by atomic mass is 16.6. The number of fused-ring (bicyclic) bond motifs is 1. The Morgan fingerprint density at radius 2 is 2.12 bits per heavy atom. The van der Waals surface area contributed by atoms with Crippen LogP contribution in [-0.4, -0.2) is 67.2 Å². The summed E-state index contributed by atoms with van der Waals surface area (Å²) < 4.78 is 5.57. The van der Waals surface area contributed by atoms with E-state index in [1.807, 2.05) is 4.90 Å². The first kappa shape index (κ1) is 16.4. The van der Waals surface area contributed by atoms with Gasteiger partial charge in [-0.25, -0.2) is 4.79 Å². The molecule has 0 saturated carbocycles. The van der Waals surface area contributed by atoms with Gasteiger partial charge in [0, 0.05) is 38.8 Å². The lowest BCUT2D eigenvalue weighted by molar-refractivity contribution is -0.119. The summed E-state index contributed by atoms with van der Waals surface area (Å²) in [7, 11) is 1.76. The van der Waals surface area contributed by atoms with Crippen molar-refractivity contribution in [2.45, 2.75) is 31.8 Å². The highest BCUT2D eigenvalue weighted by molar-refractivity contribution is 5.96. The van der Waals surface area contributed by atoms with Gasteiger partial charge in [-0.15, -0.1) is 0 Å². The van der Waals surface area contributed by atoms with E-state index in [-0.39, 0.29) is 12.0 Å². The minimum atomic E-state index is -0.428. The van der Waals surface area contributed by atoms with Crippen molar-refractivity contribution in [3.8, 4) is 0 Å². The van der Waals surface area contributed by atoms with Crippen molar-refractivity contribution >= 4 is 17.7 Å². The lowest BCUT2D eigenvalue weighted by Crippen LogP contribution is -2.44. The predicted molar refractivity (Wildman–Crippen MR) is 94.8 cm³/mol. The van der Waals surface area contributed by atoms with E-state index < -0.39 is 5.60 Å². The van der Waals surface area contributed by atoms with Gasteiger partial charge in [-0.05, 0) is 31.4 Å². The zero-order chi connectivity index (χ0) is 17.6. The van der Waals surface area contributed by atoms with Gasteiger partial charge in [-0.1, -0.05) is 17.7 Å². The Labute approximate surface area is 148 Å². The molecule has 0 N–H and O–H groups in total. The average molecular weight is 343 g/mol. The van der Waals surface area contributed by atoms with Crippen LogP contribution < -0.4 is 4.90 Å². The molecule has 1 aromatic rings. The maximum atomic E-state index is 12.9. The quantitative estimate of drug-likeness (QED) is 0.822. The van der Waals surface area contributed by atoms with Crippen molar-refractivity contribution in [1.82, 2.24) is 9.80 Å². The molecule has 0 bridgehead atoms. The number of nitrogens with zero attached hydrogens (tertiary/aromatic N) is 3. The zero-order valence-corrected chi connectivity index (χ0v) is 15.0. The third kappa shape index (κ3) is 2.99. The second kappa shape index (κ2) is 6.02. The number of anilines is 1. The first-order valence-corrected chi connectivity index (χ1v) is 9.02. The van der Waals surface area contributed by atoms with Crippen LogP contribution in [0.15, 0.2) is 18.2 Å². The number of carbonyl (C=O) groups is 2. The molecule has 2 saturated heterocycles. The molecule has 6 heteroatoms. The van der Waals surface area contributed by atoms with Crippen molar-refractivity contribution in [3.63, 3.8) is 0 Å². The summed E-state index contributed by atoms with van der Waals surface area (Å²) in [5.41, 5.74) is 3.14. The third-order valence-corrected chi connectivity index (χ3v) is 5.55. The van der Waals surface area contributed by atoms with E-state index in [2.05, 4.69) is 30.0 Å². The standard InChI is InChI=1S/C19H25N3O3/c1-14-5-6-16-15(10-14)4-3-8-22(16)17(23)11-21-9-7-19(13-21)12-20(2)18(24)25-19/h5-6,10H,3-4,7-9,11-13H2,1-2H3. The number of amides is 2. The topological polar surface area (TPSA) is 53.1 Å². The van der Waals surface area contributed by atoms with Gasteiger partial charge < -0.3 is 14.5 Å². The van der Waals surface area contributed by atoms with E-state index in [9.17, 15) is 9.59 Å². The third-order valence-electron chi connectivity index (χ3n) is 5.55. The molecular weight excluding hydrogens is 318 g/mol. The molecule has 3 aliphatic heterocycles. The molecule has 1 aromatic carbocycles. The molecule has 134 valence electrons. The Bertz CT molecular complexity index is 720. The fourth-order valence-electron chi connectivity index (χ4n) is 4.33. The maximum absolute atomic E-state index is 12.9. The van der Waals surface area contributed by atoms with Crippen LogP contribution in [0.3, 0.4) is 0 Å². The summed E-state index contributed by atoms with van der Waals surface area (Å²) >= 11 is 0. The summed E-state index contributed by atoms with van der Waals surface area (Å²) in [6.07, 6.45) is 2.59. The lowest BCUT2D eigenvalue weighted by Gasteiger charge is -2.31. The van der Waals surface area contributed by atoms with Gasteiger partial charge in [0.2, 0.25) is 5.91 Å². The second-order valence-electron chi connectivity index (χ2n) is 7.65. The van der Waals surface area contributed by atoms with Gasteiger partial charge in [-0.2, -0.15) is 0 Å². The Morgan fingerprint density at radius 1 is 1.28 bits per heavy atom. The van der Waals surface area contributed by atoms with E-state index in [0.29, 0.717) is 19.6 Å². The molecule has 3 heterocycles. The largest absolute Gasteiger partial charge is 0.439 e. The van der Waals surface area contributed by atoms with Crippen molar-refractivity contribution in [3.05, 3.63) is 29.3 Å². The predicted octanol–water partition coefficient (Wildman–Crippen LogP) is 1.80. The average Bonchev–Trinajstić information content (AvgIpc) is 3.08. The number of hydrogen-bond donors (Lipinski definition) is 0. The van der Waals surface area contributed by atoms with Crippen molar-refractivity contribution < 1.29 is 14.3 Å². The molecule has 25 heavy (non-hydrogen) atoms. The van der Waals surface area contributed by atoms with Crippen LogP contribution in [0.4, 0.5) is 10.5 Å². The summed E-state index contributed by atoms with van der Waals surface area (Å²) in [5.74, 6) is 0.138. The lowest BCUT2D eigenvalue weighted by atomic mass is 9.99. The molecule has 0 aliphatic carbocycles. The molecule has 1 spiro atoms. The number of rotatable bonds is 2. The molecule has 0 aromatic heterocycles. The minimum absolute atomic E-state index is 0.138. The first-order valence-electron chi connectivity index (χ1n) is 9.02. The maximum Gasteiger partial charge on any atom is 0.410 e. The van der Waals surface area contributed by atoms with Crippen LogP contribution in [0.25, 0.3) is 0 Å². The monoisotopic (exact) mass is 343 g/mol. The molecule has 4 rings (SSSR count). The van der Waals surface area contributed by atoms with Crippen LogP contribution >= 0.6 is 0 Å². The van der Waals surface area contributed by atoms with Crippen LogP contribution in [0.5, 0.6) is 0 Å². The summed E-state index contributed by atoms with van der Waals surface area (Å²) in [4.78, 5) is 30.3. The van der Waals surface area contributed by atoms with Gasteiger partial charge in [-0.3, -0.25) is 9.69 Å². The smallest absolute Gasteiger partial charge is 0.410 e. The highest BCUT2D eigenvalue weighted by Crippen LogP contribution is 2.32. The fraction of sp³-hybridized carbons (Fsp3) is 0.579. The van der Waals surface area contributed by atoms with Gasteiger partial charge in [0.05, 0.1) is 13.1 Å². The van der Waals surface area contributed by atoms with Crippen LogP contribution in [0, 0.1) is 6.92 Å².